The molecule has 1 heterocycles. The number of nitrogens with one attached hydrogen (secondary N) is 1. The van der Waals surface area contributed by atoms with Crippen LogP contribution in [0.1, 0.15) is 51.9 Å². The van der Waals surface area contributed by atoms with Crippen molar-refractivity contribution >= 4 is 0 Å². The lowest BCUT2D eigenvalue weighted by Gasteiger charge is -2.40. The van der Waals surface area contributed by atoms with Crippen molar-refractivity contribution < 1.29 is 4.74 Å². The van der Waals surface area contributed by atoms with Gasteiger partial charge in [0, 0.05) is 13.2 Å². The maximum absolute atomic E-state index is 5.90. The average molecular weight is 237 g/mol. The van der Waals surface area contributed by atoms with E-state index in [4.69, 9.17) is 4.74 Å². The summed E-state index contributed by atoms with van der Waals surface area (Å²) >= 11 is 0. The zero-order valence-electron chi connectivity index (χ0n) is 11.2. The third-order valence-electron chi connectivity index (χ3n) is 5.49. The monoisotopic (exact) mass is 237 g/mol. The van der Waals surface area contributed by atoms with Gasteiger partial charge in [0.1, 0.15) is 0 Å². The molecule has 2 bridgehead atoms. The quantitative estimate of drug-likeness (QED) is 0.793. The number of hydrogen-bond donors (Lipinski definition) is 1. The van der Waals surface area contributed by atoms with Crippen LogP contribution >= 0.6 is 0 Å². The molecule has 17 heavy (non-hydrogen) atoms. The molecule has 2 saturated carbocycles. The second-order valence-electron chi connectivity index (χ2n) is 6.56. The molecule has 4 unspecified atom stereocenters. The van der Waals surface area contributed by atoms with Crippen LogP contribution in [0.2, 0.25) is 0 Å². The molecule has 1 aliphatic heterocycles. The molecule has 2 aliphatic carbocycles. The summed E-state index contributed by atoms with van der Waals surface area (Å²) in [5, 5.41) is 3.63. The molecule has 0 amide bonds. The van der Waals surface area contributed by atoms with E-state index in [-0.39, 0.29) is 0 Å². The van der Waals surface area contributed by atoms with Crippen LogP contribution in [0, 0.1) is 17.3 Å². The van der Waals surface area contributed by atoms with Crippen molar-refractivity contribution in [1.29, 1.82) is 0 Å². The molecule has 2 nitrogen and oxygen atoms in total. The van der Waals surface area contributed by atoms with Gasteiger partial charge >= 0.3 is 0 Å². The van der Waals surface area contributed by atoms with E-state index in [1.54, 1.807) is 0 Å². The molecule has 1 N–H and O–H groups in total. The Kier molecular flexibility index (Phi) is 3.45. The predicted octanol–water partition coefficient (Wildman–Crippen LogP) is 2.97. The van der Waals surface area contributed by atoms with Gasteiger partial charge in [-0.15, -0.1) is 0 Å². The van der Waals surface area contributed by atoms with Gasteiger partial charge in [0.05, 0.1) is 6.10 Å². The van der Waals surface area contributed by atoms with Crippen LogP contribution in [-0.4, -0.2) is 25.8 Å². The highest BCUT2D eigenvalue weighted by Crippen LogP contribution is 2.58. The smallest absolute Gasteiger partial charge is 0.0581 e. The van der Waals surface area contributed by atoms with E-state index in [2.05, 4.69) is 12.2 Å². The molecule has 3 fully saturated rings. The van der Waals surface area contributed by atoms with Crippen molar-refractivity contribution in [3.05, 3.63) is 0 Å². The summed E-state index contributed by atoms with van der Waals surface area (Å²) in [5.74, 6) is 2.04. The number of ether oxygens (including phenoxy) is 1. The first kappa shape index (κ1) is 12.0. The van der Waals surface area contributed by atoms with Gasteiger partial charge in [-0.1, -0.05) is 13.3 Å². The molecule has 3 rings (SSSR count). The van der Waals surface area contributed by atoms with Gasteiger partial charge in [-0.3, -0.25) is 0 Å². The molecule has 4 atom stereocenters. The van der Waals surface area contributed by atoms with E-state index >= 15 is 0 Å². The Bertz CT molecular complexity index is 262. The van der Waals surface area contributed by atoms with Gasteiger partial charge in [0.25, 0.3) is 0 Å². The minimum atomic E-state index is 0.577. The summed E-state index contributed by atoms with van der Waals surface area (Å²) in [7, 11) is 0. The molecule has 3 aliphatic rings. The van der Waals surface area contributed by atoms with E-state index in [1.807, 2.05) is 0 Å². The van der Waals surface area contributed by atoms with Crippen molar-refractivity contribution in [1.82, 2.24) is 5.32 Å². The predicted molar refractivity (Wildman–Crippen MR) is 70.0 cm³/mol. The van der Waals surface area contributed by atoms with E-state index in [1.165, 1.54) is 51.5 Å². The van der Waals surface area contributed by atoms with Crippen molar-refractivity contribution in [3.8, 4) is 0 Å². The van der Waals surface area contributed by atoms with Crippen molar-refractivity contribution in [2.45, 2.75) is 58.0 Å². The summed E-state index contributed by atoms with van der Waals surface area (Å²) in [4.78, 5) is 0. The fraction of sp³-hybridized carbons (Fsp3) is 1.00. The Balaban J connectivity index is 1.67. The fourth-order valence-corrected chi connectivity index (χ4v) is 4.73. The minimum absolute atomic E-state index is 0.577. The van der Waals surface area contributed by atoms with Crippen molar-refractivity contribution in [3.63, 3.8) is 0 Å². The third kappa shape index (κ3) is 2.26. The lowest BCUT2D eigenvalue weighted by Crippen LogP contribution is -2.41. The van der Waals surface area contributed by atoms with Crippen LogP contribution in [0.25, 0.3) is 0 Å². The maximum Gasteiger partial charge on any atom is 0.0581 e. The second kappa shape index (κ2) is 4.89. The van der Waals surface area contributed by atoms with Crippen molar-refractivity contribution in [2.75, 3.05) is 19.7 Å². The van der Waals surface area contributed by atoms with Crippen LogP contribution in [0.4, 0.5) is 0 Å². The minimum Gasteiger partial charge on any atom is -0.378 e. The fourth-order valence-electron chi connectivity index (χ4n) is 4.73. The molecule has 0 aromatic heterocycles. The number of hydrogen-bond acceptors (Lipinski definition) is 2. The SMILES string of the molecule is CCNCC1(CC2CCCO2)CC2CCC1C2. The van der Waals surface area contributed by atoms with Crippen LogP contribution in [0.5, 0.6) is 0 Å². The zero-order chi connectivity index (χ0) is 11.7. The number of fused-ring (bicyclic) bond motifs is 2. The highest BCUT2D eigenvalue weighted by Gasteiger charge is 2.51. The van der Waals surface area contributed by atoms with E-state index in [0.717, 1.165) is 25.0 Å². The van der Waals surface area contributed by atoms with Gasteiger partial charge in [-0.05, 0) is 62.3 Å². The van der Waals surface area contributed by atoms with Crippen LogP contribution in [-0.2, 0) is 4.74 Å². The molecule has 0 aromatic rings. The Morgan fingerprint density at radius 2 is 2.24 bits per heavy atom. The van der Waals surface area contributed by atoms with Gasteiger partial charge in [-0.25, -0.2) is 0 Å². The Labute approximate surface area is 105 Å². The molecule has 0 radical (unpaired) electrons. The van der Waals surface area contributed by atoms with Gasteiger partial charge in [0.15, 0.2) is 0 Å². The van der Waals surface area contributed by atoms with E-state index in [9.17, 15) is 0 Å². The molecule has 1 saturated heterocycles. The van der Waals surface area contributed by atoms with Crippen LogP contribution in [0.3, 0.4) is 0 Å². The third-order valence-corrected chi connectivity index (χ3v) is 5.49. The summed E-state index contributed by atoms with van der Waals surface area (Å²) in [6.45, 7) is 5.60. The van der Waals surface area contributed by atoms with Crippen LogP contribution < -0.4 is 5.32 Å². The molecule has 0 spiro atoms. The Morgan fingerprint density at radius 3 is 2.82 bits per heavy atom. The summed E-state index contributed by atoms with van der Waals surface area (Å²) < 4.78 is 5.90. The van der Waals surface area contributed by atoms with Crippen LogP contribution in [0.15, 0.2) is 0 Å². The lowest BCUT2D eigenvalue weighted by atomic mass is 9.69. The highest BCUT2D eigenvalue weighted by molar-refractivity contribution is 5.02. The Hall–Kier alpha value is -0.0800. The first-order valence-corrected chi connectivity index (χ1v) is 7.65. The molecular formula is C15H27NO. The standard InChI is InChI=1S/C15H27NO/c1-2-16-11-15(10-14-4-3-7-17-14)9-12-5-6-13(15)8-12/h12-14,16H,2-11H2,1H3. The second-order valence-corrected chi connectivity index (χ2v) is 6.56. The summed E-state index contributed by atoms with van der Waals surface area (Å²) in [5.41, 5.74) is 0.591. The largest absolute Gasteiger partial charge is 0.378 e. The van der Waals surface area contributed by atoms with E-state index < -0.39 is 0 Å². The molecule has 2 heteroatoms. The summed E-state index contributed by atoms with van der Waals surface area (Å²) in [6.07, 6.45) is 10.5. The van der Waals surface area contributed by atoms with Gasteiger partial charge < -0.3 is 10.1 Å². The first-order chi connectivity index (χ1) is 8.32. The Morgan fingerprint density at radius 1 is 1.29 bits per heavy atom. The average Bonchev–Trinajstić information content (AvgIpc) is 3.02. The lowest BCUT2D eigenvalue weighted by molar-refractivity contribution is 0.0341. The topological polar surface area (TPSA) is 21.3 Å². The molecule has 0 aromatic carbocycles. The number of rotatable bonds is 5. The van der Waals surface area contributed by atoms with E-state index in [0.29, 0.717) is 11.5 Å². The molecule has 98 valence electrons. The maximum atomic E-state index is 5.90. The summed E-state index contributed by atoms with van der Waals surface area (Å²) in [6, 6.07) is 0. The van der Waals surface area contributed by atoms with Gasteiger partial charge in [0.2, 0.25) is 0 Å². The highest BCUT2D eigenvalue weighted by atomic mass is 16.5. The molecular weight excluding hydrogens is 210 g/mol. The zero-order valence-corrected chi connectivity index (χ0v) is 11.2. The van der Waals surface area contributed by atoms with Crippen molar-refractivity contribution in [2.24, 2.45) is 17.3 Å². The van der Waals surface area contributed by atoms with Gasteiger partial charge in [-0.2, -0.15) is 0 Å². The first-order valence-electron chi connectivity index (χ1n) is 7.65. The normalized spacial score (nSPS) is 44.6.